The molecule has 0 aromatic rings. The maximum absolute atomic E-state index is 9.85. The molecule has 86 valence electrons. The third kappa shape index (κ3) is 5.61. The van der Waals surface area contributed by atoms with Crippen LogP contribution in [-0.2, 0) is 4.74 Å². The minimum Gasteiger partial charge on any atom is -0.390 e. The van der Waals surface area contributed by atoms with E-state index in [0.29, 0.717) is 5.92 Å². The maximum atomic E-state index is 9.85. The molecule has 0 aromatic carbocycles. The summed E-state index contributed by atoms with van der Waals surface area (Å²) < 4.78 is 5.28. The van der Waals surface area contributed by atoms with E-state index in [1.807, 2.05) is 0 Å². The molecule has 0 rings (SSSR count). The second-order valence-corrected chi connectivity index (χ2v) is 4.36. The van der Waals surface area contributed by atoms with Crippen molar-refractivity contribution in [2.24, 2.45) is 5.92 Å². The molecule has 0 spiro atoms. The van der Waals surface area contributed by atoms with Gasteiger partial charge in [-0.25, -0.2) is 0 Å². The van der Waals surface area contributed by atoms with E-state index in [9.17, 15) is 5.11 Å². The van der Waals surface area contributed by atoms with Crippen molar-refractivity contribution < 1.29 is 9.84 Å². The van der Waals surface area contributed by atoms with Gasteiger partial charge >= 0.3 is 0 Å². The predicted molar refractivity (Wildman–Crippen MR) is 60.4 cm³/mol. The molecule has 0 saturated heterocycles. The van der Waals surface area contributed by atoms with Gasteiger partial charge in [0.05, 0.1) is 12.2 Å². The van der Waals surface area contributed by atoms with Crippen molar-refractivity contribution in [3.05, 3.63) is 0 Å². The van der Waals surface area contributed by atoms with Gasteiger partial charge in [0, 0.05) is 7.11 Å². The van der Waals surface area contributed by atoms with Crippen molar-refractivity contribution in [3.8, 4) is 0 Å². The normalized spacial score (nSPS) is 15.9. The summed E-state index contributed by atoms with van der Waals surface area (Å²) in [6.07, 6.45) is 5.42. The molecule has 14 heavy (non-hydrogen) atoms. The molecule has 0 fully saturated rings. The Kier molecular flexibility index (Phi) is 8.20. The predicted octanol–water partition coefficient (Wildman–Crippen LogP) is 2.99. The van der Waals surface area contributed by atoms with Crippen molar-refractivity contribution in [2.75, 3.05) is 7.11 Å². The zero-order valence-corrected chi connectivity index (χ0v) is 10.1. The number of hydrogen-bond donors (Lipinski definition) is 1. The fourth-order valence-corrected chi connectivity index (χ4v) is 1.82. The summed E-state index contributed by atoms with van der Waals surface area (Å²) >= 11 is 0. The smallest absolute Gasteiger partial charge is 0.0852 e. The van der Waals surface area contributed by atoms with Crippen LogP contribution >= 0.6 is 0 Å². The number of methoxy groups -OCH3 is 1. The van der Waals surface area contributed by atoms with Gasteiger partial charge in [-0.15, -0.1) is 0 Å². The van der Waals surface area contributed by atoms with Crippen LogP contribution in [-0.4, -0.2) is 24.4 Å². The summed E-state index contributed by atoms with van der Waals surface area (Å²) in [4.78, 5) is 0. The van der Waals surface area contributed by atoms with Gasteiger partial charge in [0.25, 0.3) is 0 Å². The van der Waals surface area contributed by atoms with E-state index < -0.39 is 0 Å². The van der Waals surface area contributed by atoms with Crippen LogP contribution in [0.4, 0.5) is 0 Å². The quantitative estimate of drug-likeness (QED) is 0.613. The highest BCUT2D eigenvalue weighted by Crippen LogP contribution is 2.15. The molecule has 0 aliphatic carbocycles. The van der Waals surface area contributed by atoms with Crippen LogP contribution in [0.25, 0.3) is 0 Å². The van der Waals surface area contributed by atoms with Crippen molar-refractivity contribution in [1.82, 2.24) is 0 Å². The first kappa shape index (κ1) is 13.9. The lowest BCUT2D eigenvalue weighted by Gasteiger charge is -2.24. The van der Waals surface area contributed by atoms with Gasteiger partial charge in [0.15, 0.2) is 0 Å². The van der Waals surface area contributed by atoms with Crippen molar-refractivity contribution >= 4 is 0 Å². The van der Waals surface area contributed by atoms with Crippen LogP contribution in [0, 0.1) is 5.92 Å². The fraction of sp³-hybridized carbons (Fsp3) is 1.00. The average molecular weight is 202 g/mol. The van der Waals surface area contributed by atoms with Crippen LogP contribution in [0.2, 0.25) is 0 Å². The van der Waals surface area contributed by atoms with Crippen LogP contribution in [0.3, 0.4) is 0 Å². The van der Waals surface area contributed by atoms with Crippen LogP contribution < -0.4 is 0 Å². The van der Waals surface area contributed by atoms with E-state index in [1.54, 1.807) is 7.11 Å². The van der Waals surface area contributed by atoms with Crippen molar-refractivity contribution in [1.29, 1.82) is 0 Å². The minimum atomic E-state index is -0.295. The van der Waals surface area contributed by atoms with E-state index in [-0.39, 0.29) is 12.2 Å². The second kappa shape index (κ2) is 8.25. The van der Waals surface area contributed by atoms with Crippen molar-refractivity contribution in [3.63, 3.8) is 0 Å². The summed E-state index contributed by atoms with van der Waals surface area (Å²) in [5, 5.41) is 9.85. The number of ether oxygens (including phenoxy) is 1. The molecule has 0 amide bonds. The third-order valence-electron chi connectivity index (χ3n) is 2.66. The number of hydrogen-bond acceptors (Lipinski definition) is 2. The summed E-state index contributed by atoms with van der Waals surface area (Å²) in [7, 11) is 1.68. The first-order valence-electron chi connectivity index (χ1n) is 5.84. The summed E-state index contributed by atoms with van der Waals surface area (Å²) in [5.41, 5.74) is 0. The lowest BCUT2D eigenvalue weighted by molar-refractivity contribution is -0.0415. The number of aliphatic hydroxyl groups excluding tert-OH is 1. The Balaban J connectivity index is 3.64. The van der Waals surface area contributed by atoms with Crippen molar-refractivity contribution in [2.45, 2.75) is 65.1 Å². The standard InChI is InChI=1S/C12H26O2/c1-5-6-7-8-9-11(13)12(14-4)10(2)3/h10-13H,5-9H2,1-4H3. The van der Waals surface area contributed by atoms with E-state index in [4.69, 9.17) is 4.74 Å². The molecule has 0 aliphatic rings. The highest BCUT2D eigenvalue weighted by molar-refractivity contribution is 4.71. The Morgan fingerprint density at radius 3 is 2.21 bits per heavy atom. The molecule has 0 heterocycles. The highest BCUT2D eigenvalue weighted by atomic mass is 16.5. The Bertz CT molecular complexity index is 123. The molecule has 0 bridgehead atoms. The van der Waals surface area contributed by atoms with Crippen LogP contribution in [0.15, 0.2) is 0 Å². The number of aliphatic hydroxyl groups is 1. The monoisotopic (exact) mass is 202 g/mol. The molecular weight excluding hydrogens is 176 g/mol. The second-order valence-electron chi connectivity index (χ2n) is 4.36. The fourth-order valence-electron chi connectivity index (χ4n) is 1.82. The Morgan fingerprint density at radius 1 is 1.14 bits per heavy atom. The summed E-state index contributed by atoms with van der Waals surface area (Å²) in [6, 6.07) is 0. The molecule has 0 radical (unpaired) electrons. The molecule has 0 aliphatic heterocycles. The van der Waals surface area contributed by atoms with Gasteiger partial charge < -0.3 is 9.84 Å². The molecule has 2 nitrogen and oxygen atoms in total. The lowest BCUT2D eigenvalue weighted by Crippen LogP contribution is -2.32. The van der Waals surface area contributed by atoms with E-state index in [0.717, 1.165) is 12.8 Å². The summed E-state index contributed by atoms with van der Waals surface area (Å²) in [5.74, 6) is 0.390. The van der Waals surface area contributed by atoms with Crippen LogP contribution in [0.1, 0.15) is 52.9 Å². The molecule has 2 atom stereocenters. The van der Waals surface area contributed by atoms with E-state index in [2.05, 4.69) is 20.8 Å². The molecule has 0 saturated carbocycles. The SMILES string of the molecule is CCCCCCC(O)C(OC)C(C)C. The molecule has 2 heteroatoms. The molecule has 1 N–H and O–H groups in total. The lowest BCUT2D eigenvalue weighted by atomic mass is 9.97. The number of unbranched alkanes of at least 4 members (excludes halogenated alkanes) is 3. The van der Waals surface area contributed by atoms with Gasteiger partial charge in [0.1, 0.15) is 0 Å². The van der Waals surface area contributed by atoms with Gasteiger partial charge in [-0.3, -0.25) is 0 Å². The van der Waals surface area contributed by atoms with Gasteiger partial charge in [-0.05, 0) is 12.3 Å². The van der Waals surface area contributed by atoms with Crippen LogP contribution in [0.5, 0.6) is 0 Å². The Morgan fingerprint density at radius 2 is 1.79 bits per heavy atom. The first-order valence-corrected chi connectivity index (χ1v) is 5.84. The van der Waals surface area contributed by atoms with Gasteiger partial charge in [-0.2, -0.15) is 0 Å². The molecule has 0 aromatic heterocycles. The number of rotatable bonds is 8. The first-order chi connectivity index (χ1) is 6.63. The van der Waals surface area contributed by atoms with E-state index >= 15 is 0 Å². The maximum Gasteiger partial charge on any atom is 0.0852 e. The third-order valence-corrected chi connectivity index (χ3v) is 2.66. The van der Waals surface area contributed by atoms with Gasteiger partial charge in [0.2, 0.25) is 0 Å². The average Bonchev–Trinajstić information content (AvgIpc) is 2.13. The largest absolute Gasteiger partial charge is 0.390 e. The Hall–Kier alpha value is -0.0800. The van der Waals surface area contributed by atoms with E-state index in [1.165, 1.54) is 19.3 Å². The zero-order chi connectivity index (χ0) is 11.0. The molecular formula is C12H26O2. The van der Waals surface area contributed by atoms with Gasteiger partial charge in [-0.1, -0.05) is 46.5 Å². The Labute approximate surface area is 88.7 Å². The summed E-state index contributed by atoms with van der Waals surface area (Å²) in [6.45, 7) is 6.37. The topological polar surface area (TPSA) is 29.5 Å². The minimum absolute atomic E-state index is 0.00312. The molecule has 2 unspecified atom stereocenters. The zero-order valence-electron chi connectivity index (χ0n) is 10.1. The highest BCUT2D eigenvalue weighted by Gasteiger charge is 2.21.